The normalized spacial score (nSPS) is 18.9. The Kier molecular flexibility index (Phi) is 8.75. The fraction of sp³-hybridized carbons (Fsp3) is 0.500. The molecule has 0 radical (unpaired) electrons. The van der Waals surface area contributed by atoms with Crippen molar-refractivity contribution in [3.05, 3.63) is 53.0 Å². The molecule has 0 aliphatic carbocycles. The molecule has 4 aromatic rings. The van der Waals surface area contributed by atoms with Crippen molar-refractivity contribution in [3.63, 3.8) is 0 Å². The first-order valence-corrected chi connectivity index (χ1v) is 15.1. The van der Waals surface area contributed by atoms with E-state index in [0.717, 1.165) is 40.8 Å². The van der Waals surface area contributed by atoms with Gasteiger partial charge in [-0.2, -0.15) is 5.10 Å². The number of fused-ring (bicyclic) bond motifs is 2. The number of aromatic nitrogens is 4. The summed E-state index contributed by atoms with van der Waals surface area (Å²) < 4.78 is 7.90. The van der Waals surface area contributed by atoms with E-state index in [1.165, 1.54) is 22.1 Å². The topological polar surface area (TPSA) is 131 Å². The number of ether oxygens (including phenoxy) is 1. The maximum Gasteiger partial charge on any atom is 0.413 e. The summed E-state index contributed by atoms with van der Waals surface area (Å²) in [5.74, 6) is 0.263. The van der Waals surface area contributed by atoms with Crippen LogP contribution in [0.2, 0.25) is 0 Å². The zero-order valence-electron chi connectivity index (χ0n) is 26.2. The number of nitrogens with one attached hydrogen (secondary N) is 2. The molecular weight excluding hydrogens is 544 g/mol. The number of aromatic amines is 1. The number of hydrogen-bond acceptors (Lipinski definition) is 6. The molecule has 230 valence electrons. The van der Waals surface area contributed by atoms with Gasteiger partial charge in [0.25, 0.3) is 5.91 Å². The quantitative estimate of drug-likeness (QED) is 0.239. The van der Waals surface area contributed by atoms with E-state index < -0.39 is 0 Å². The van der Waals surface area contributed by atoms with E-state index in [4.69, 9.17) is 10.5 Å². The van der Waals surface area contributed by atoms with Crippen molar-refractivity contribution >= 4 is 28.6 Å². The first-order chi connectivity index (χ1) is 20.5. The van der Waals surface area contributed by atoms with Crippen LogP contribution in [0.3, 0.4) is 0 Å². The Labute approximate surface area is 253 Å². The lowest BCUT2D eigenvalue weighted by Crippen LogP contribution is -2.58. The van der Waals surface area contributed by atoms with Crippen molar-refractivity contribution in [2.45, 2.75) is 52.4 Å². The molecule has 11 heteroatoms. The van der Waals surface area contributed by atoms with Crippen LogP contribution in [0.15, 0.2) is 30.7 Å². The maximum absolute atomic E-state index is 12.6. The molecule has 0 spiro atoms. The Balaban J connectivity index is 1.39. The van der Waals surface area contributed by atoms with Gasteiger partial charge in [0.05, 0.1) is 18.8 Å². The van der Waals surface area contributed by atoms with E-state index in [1.807, 2.05) is 11.6 Å². The van der Waals surface area contributed by atoms with E-state index in [1.54, 1.807) is 18.3 Å². The van der Waals surface area contributed by atoms with Gasteiger partial charge in [0.15, 0.2) is 12.2 Å². The van der Waals surface area contributed by atoms with Gasteiger partial charge in [-0.1, -0.05) is 19.9 Å². The summed E-state index contributed by atoms with van der Waals surface area (Å²) in [7, 11) is 3.56. The van der Waals surface area contributed by atoms with Gasteiger partial charge >= 0.3 is 6.09 Å². The summed E-state index contributed by atoms with van der Waals surface area (Å²) >= 11 is 0. The fourth-order valence-corrected chi connectivity index (χ4v) is 6.54. The molecule has 1 aliphatic heterocycles. The van der Waals surface area contributed by atoms with Gasteiger partial charge in [0.2, 0.25) is 6.73 Å². The predicted molar refractivity (Wildman–Crippen MR) is 168 cm³/mol. The number of H-pyrrole nitrogens is 1. The van der Waals surface area contributed by atoms with Crippen molar-refractivity contribution in [1.82, 2.24) is 29.8 Å². The summed E-state index contributed by atoms with van der Waals surface area (Å²) in [6.07, 6.45) is 5.04. The largest absolute Gasteiger partial charge is 0.413 e. The number of benzene rings is 1. The molecule has 11 nitrogen and oxygen atoms in total. The number of amides is 2. The number of nitrogens with two attached hydrogens (primary N) is 1. The Hall–Kier alpha value is -3.96. The van der Waals surface area contributed by atoms with Crippen molar-refractivity contribution in [1.29, 1.82) is 0 Å². The molecule has 4 N–H and O–H groups in total. The van der Waals surface area contributed by atoms with E-state index in [2.05, 4.69) is 72.5 Å². The average molecular weight is 590 g/mol. The summed E-state index contributed by atoms with van der Waals surface area (Å²) in [6.45, 7) is 11.7. The van der Waals surface area contributed by atoms with Crippen molar-refractivity contribution in [3.8, 4) is 11.3 Å². The van der Waals surface area contributed by atoms with Gasteiger partial charge < -0.3 is 25.7 Å². The number of likely N-dealkylation sites (tertiary alicyclic amines) is 1. The molecule has 1 aliphatic rings. The molecular formula is C32H45N8O3+. The van der Waals surface area contributed by atoms with E-state index >= 15 is 0 Å². The predicted octanol–water partition coefficient (Wildman–Crippen LogP) is 4.04. The van der Waals surface area contributed by atoms with Gasteiger partial charge in [0, 0.05) is 55.6 Å². The van der Waals surface area contributed by atoms with Crippen molar-refractivity contribution < 1.29 is 18.8 Å². The van der Waals surface area contributed by atoms with Gasteiger partial charge in [-0.05, 0) is 67.1 Å². The average Bonchev–Trinajstić information content (AvgIpc) is 3.61. The third-order valence-electron chi connectivity index (χ3n) is 9.17. The smallest absolute Gasteiger partial charge is 0.399 e. The second-order valence-electron chi connectivity index (χ2n) is 12.4. The Bertz CT molecular complexity index is 1630. The van der Waals surface area contributed by atoms with Gasteiger partial charge in [0.1, 0.15) is 6.33 Å². The number of rotatable bonds is 10. The number of carbonyl (C=O) groups is 2. The van der Waals surface area contributed by atoms with Crippen LogP contribution in [0.5, 0.6) is 0 Å². The molecule has 0 unspecified atom stereocenters. The minimum absolute atomic E-state index is 0.144. The van der Waals surface area contributed by atoms with Crippen molar-refractivity contribution in [2.24, 2.45) is 5.73 Å². The van der Waals surface area contributed by atoms with Crippen LogP contribution in [0.1, 0.15) is 60.8 Å². The minimum Gasteiger partial charge on any atom is -0.399 e. The Morgan fingerprint density at radius 3 is 2.65 bits per heavy atom. The molecule has 5 rings (SSSR count). The summed E-state index contributed by atoms with van der Waals surface area (Å²) in [6, 6.07) is 6.76. The lowest BCUT2D eigenvalue weighted by molar-refractivity contribution is -0.941. The molecule has 2 amide bonds. The van der Waals surface area contributed by atoms with Gasteiger partial charge in [-0.15, -0.1) is 0 Å². The molecule has 1 saturated heterocycles. The van der Waals surface area contributed by atoms with Crippen LogP contribution in [0, 0.1) is 13.8 Å². The molecule has 3 aromatic heterocycles. The zero-order valence-corrected chi connectivity index (χ0v) is 26.2. The standard InChI is InChI=1S/C32H44N8O3/c1-20(2)29-25-15-24(7-8-27(25)37-30(29)26-16-39-31(35-18-36-39)22(4)21(26)3)23-9-13-40(14-10-23,17-28(33)41)19-43-32(42)38(6)12-11-34-5/h7-8,15-16,18,20,23,34,37H,9-14,17,19H2,1-6H3,(H-,33,41)/p+1. The molecule has 4 heterocycles. The third kappa shape index (κ3) is 6.09. The Morgan fingerprint density at radius 1 is 1.23 bits per heavy atom. The second-order valence-corrected chi connectivity index (χ2v) is 12.4. The van der Waals surface area contributed by atoms with Crippen LogP contribution in [-0.2, 0) is 9.53 Å². The number of pyridine rings is 1. The zero-order chi connectivity index (χ0) is 30.9. The summed E-state index contributed by atoms with van der Waals surface area (Å²) in [5, 5.41) is 8.68. The molecule has 1 fully saturated rings. The SMILES string of the molecule is CNCCN(C)C(=O)OC[N+]1(CC(N)=O)CCC(c2ccc3[nH]c(-c4cn5ncnc5c(C)c4C)c(C(C)C)c3c2)CC1. The molecule has 0 saturated carbocycles. The van der Waals surface area contributed by atoms with Crippen molar-refractivity contribution in [2.75, 3.05) is 53.5 Å². The first kappa shape index (κ1) is 30.5. The number of aryl methyl sites for hydroxylation is 1. The molecule has 0 atom stereocenters. The highest BCUT2D eigenvalue weighted by atomic mass is 16.6. The van der Waals surface area contributed by atoms with Crippen LogP contribution in [-0.4, -0.2) is 94.5 Å². The van der Waals surface area contributed by atoms with E-state index in [0.29, 0.717) is 42.5 Å². The number of carbonyl (C=O) groups excluding carboxylic acids is 2. The number of nitrogens with zero attached hydrogens (tertiary/aromatic N) is 5. The van der Waals surface area contributed by atoms with Crippen LogP contribution < -0.4 is 11.1 Å². The number of likely N-dealkylation sites (N-methyl/N-ethyl adjacent to an activating group) is 2. The molecule has 43 heavy (non-hydrogen) atoms. The lowest BCUT2D eigenvalue weighted by Gasteiger charge is -2.42. The number of quaternary nitrogens is 1. The molecule has 0 bridgehead atoms. The first-order valence-electron chi connectivity index (χ1n) is 15.1. The fourth-order valence-electron chi connectivity index (χ4n) is 6.54. The maximum atomic E-state index is 12.6. The Morgan fingerprint density at radius 2 is 1.98 bits per heavy atom. The van der Waals surface area contributed by atoms with Crippen LogP contribution >= 0.6 is 0 Å². The number of primary amides is 1. The van der Waals surface area contributed by atoms with Crippen LogP contribution in [0.25, 0.3) is 27.8 Å². The molecule has 1 aromatic carbocycles. The van der Waals surface area contributed by atoms with Gasteiger partial charge in [-0.3, -0.25) is 9.28 Å². The second kappa shape index (κ2) is 12.3. The lowest BCUT2D eigenvalue weighted by atomic mass is 9.86. The number of hydrogen-bond donors (Lipinski definition) is 3. The van der Waals surface area contributed by atoms with Gasteiger partial charge in [-0.25, -0.2) is 14.3 Å². The van der Waals surface area contributed by atoms with E-state index in [-0.39, 0.29) is 25.3 Å². The summed E-state index contributed by atoms with van der Waals surface area (Å²) in [4.78, 5) is 34.3. The highest BCUT2D eigenvalue weighted by Crippen LogP contribution is 2.40. The number of piperidine rings is 1. The third-order valence-corrected chi connectivity index (χ3v) is 9.17. The minimum atomic E-state index is -0.386. The monoisotopic (exact) mass is 589 g/mol. The highest BCUT2D eigenvalue weighted by Gasteiger charge is 2.37. The van der Waals surface area contributed by atoms with Crippen LogP contribution in [0.4, 0.5) is 4.79 Å². The summed E-state index contributed by atoms with van der Waals surface area (Å²) in [5.41, 5.74) is 14.8. The van der Waals surface area contributed by atoms with E-state index in [9.17, 15) is 9.59 Å². The highest BCUT2D eigenvalue weighted by molar-refractivity contribution is 5.92.